The van der Waals surface area contributed by atoms with Crippen molar-refractivity contribution in [3.63, 3.8) is 0 Å². The molecule has 1 saturated heterocycles. The maximum atomic E-state index is 13.3. The van der Waals surface area contributed by atoms with Gasteiger partial charge in [-0.05, 0) is 38.5 Å². The van der Waals surface area contributed by atoms with Gasteiger partial charge in [0.05, 0.1) is 6.42 Å². The minimum absolute atomic E-state index is 0.0930. The third kappa shape index (κ3) is 7.75. The van der Waals surface area contributed by atoms with Crippen LogP contribution in [0.15, 0.2) is 54.7 Å². The highest BCUT2D eigenvalue weighted by Crippen LogP contribution is 2.15. The number of ether oxygens (including phenoxy) is 2. The molecule has 9 heteroatoms. The number of aromatic nitrogens is 1. The first-order chi connectivity index (χ1) is 16.2. The molecule has 1 unspecified atom stereocenters. The Morgan fingerprint density at radius 3 is 2.29 bits per heavy atom. The van der Waals surface area contributed by atoms with Gasteiger partial charge < -0.3 is 24.6 Å². The van der Waals surface area contributed by atoms with Crippen LogP contribution in [0.3, 0.4) is 0 Å². The van der Waals surface area contributed by atoms with Crippen LogP contribution in [-0.2, 0) is 25.7 Å². The van der Waals surface area contributed by atoms with Crippen molar-refractivity contribution in [1.29, 1.82) is 0 Å². The summed E-state index contributed by atoms with van der Waals surface area (Å²) in [5.74, 6) is -0.0731. The molecule has 3 rings (SSSR count). The molecule has 0 saturated carbocycles. The van der Waals surface area contributed by atoms with E-state index in [0.717, 1.165) is 11.4 Å². The zero-order valence-corrected chi connectivity index (χ0v) is 19.9. The molecule has 2 amide bonds. The highest BCUT2D eigenvalue weighted by molar-refractivity contribution is 5.89. The number of benzene rings is 1. The van der Waals surface area contributed by atoms with E-state index in [1.54, 1.807) is 31.9 Å². The first kappa shape index (κ1) is 25.0. The van der Waals surface area contributed by atoms with E-state index in [0.29, 0.717) is 26.2 Å². The molecule has 0 aliphatic carbocycles. The summed E-state index contributed by atoms with van der Waals surface area (Å²) >= 11 is 0. The summed E-state index contributed by atoms with van der Waals surface area (Å²) in [7, 11) is 0. The summed E-state index contributed by atoms with van der Waals surface area (Å²) in [5, 5.41) is 2.56. The van der Waals surface area contributed by atoms with E-state index in [1.165, 1.54) is 0 Å². The Kier molecular flexibility index (Phi) is 8.45. The third-order valence-electron chi connectivity index (χ3n) is 5.17. The van der Waals surface area contributed by atoms with Gasteiger partial charge in [0.1, 0.15) is 24.1 Å². The molecule has 1 atom stereocenters. The number of carbonyl (C=O) groups is 3. The predicted molar refractivity (Wildman–Crippen MR) is 127 cm³/mol. The van der Waals surface area contributed by atoms with Gasteiger partial charge in [-0.15, -0.1) is 0 Å². The van der Waals surface area contributed by atoms with Gasteiger partial charge in [-0.1, -0.05) is 36.4 Å². The predicted octanol–water partition coefficient (Wildman–Crippen LogP) is 2.76. The molecule has 1 N–H and O–H groups in total. The van der Waals surface area contributed by atoms with Gasteiger partial charge in [-0.2, -0.15) is 0 Å². The number of anilines is 1. The lowest BCUT2D eigenvalue weighted by Gasteiger charge is -2.37. The Balaban J connectivity index is 1.61. The molecule has 9 nitrogen and oxygen atoms in total. The fourth-order valence-electron chi connectivity index (χ4n) is 3.53. The van der Waals surface area contributed by atoms with Crippen molar-refractivity contribution in [2.75, 3.05) is 31.1 Å². The Morgan fingerprint density at radius 1 is 1.00 bits per heavy atom. The second-order valence-electron chi connectivity index (χ2n) is 9.05. The van der Waals surface area contributed by atoms with Crippen LogP contribution in [0, 0.1) is 0 Å². The van der Waals surface area contributed by atoms with Gasteiger partial charge in [-0.25, -0.2) is 9.78 Å². The molecule has 34 heavy (non-hydrogen) atoms. The largest absolute Gasteiger partial charge is 0.461 e. The quantitative estimate of drug-likeness (QED) is 0.624. The van der Waals surface area contributed by atoms with Crippen molar-refractivity contribution >= 4 is 23.8 Å². The van der Waals surface area contributed by atoms with Gasteiger partial charge in [0.15, 0.2) is 0 Å². The molecular formula is C25H32N4O5. The molecule has 1 aliphatic rings. The van der Waals surface area contributed by atoms with Crippen LogP contribution in [0.25, 0.3) is 0 Å². The van der Waals surface area contributed by atoms with Gasteiger partial charge in [0, 0.05) is 32.4 Å². The van der Waals surface area contributed by atoms with E-state index in [1.807, 2.05) is 48.5 Å². The van der Waals surface area contributed by atoms with E-state index in [-0.39, 0.29) is 18.9 Å². The average molecular weight is 469 g/mol. The van der Waals surface area contributed by atoms with Crippen LogP contribution in [0.4, 0.5) is 10.6 Å². The number of carbonyl (C=O) groups excluding carboxylic acids is 3. The number of hydrogen-bond donors (Lipinski definition) is 1. The van der Waals surface area contributed by atoms with E-state index in [2.05, 4.69) is 15.2 Å². The second kappa shape index (κ2) is 11.5. The first-order valence-corrected chi connectivity index (χ1v) is 11.3. The minimum atomic E-state index is -1.08. The number of alkyl carbamates (subject to hydrolysis) is 1. The summed E-state index contributed by atoms with van der Waals surface area (Å²) in [6.07, 6.45) is 0.689. The Hall–Kier alpha value is -3.62. The second-order valence-corrected chi connectivity index (χ2v) is 9.05. The number of piperazine rings is 1. The topological polar surface area (TPSA) is 101 Å². The number of hydrogen-bond acceptors (Lipinski definition) is 7. The number of rotatable bonds is 7. The standard InChI is InChI=1S/C25H32N4O5/c1-25(2,3)34-24(32)27-20(17-22(30)33-18-19-9-5-4-6-10-19)23(31)29-15-13-28(14-16-29)21-11-7-8-12-26-21/h4-12,20H,13-18H2,1-3H3,(H,27,32). The maximum Gasteiger partial charge on any atom is 0.408 e. The van der Waals surface area contributed by atoms with Crippen molar-refractivity contribution in [1.82, 2.24) is 15.2 Å². The van der Waals surface area contributed by atoms with Crippen LogP contribution in [0.2, 0.25) is 0 Å². The molecule has 182 valence electrons. The number of nitrogens with zero attached hydrogens (tertiary/aromatic N) is 3. The Labute approximate surface area is 200 Å². The molecule has 0 spiro atoms. The van der Waals surface area contributed by atoms with Gasteiger partial charge in [-0.3, -0.25) is 9.59 Å². The number of pyridine rings is 1. The normalized spacial score (nSPS) is 14.8. The van der Waals surface area contributed by atoms with Gasteiger partial charge >= 0.3 is 12.1 Å². The Morgan fingerprint density at radius 2 is 1.68 bits per heavy atom. The zero-order valence-electron chi connectivity index (χ0n) is 19.9. The lowest BCUT2D eigenvalue weighted by atomic mass is 10.1. The SMILES string of the molecule is CC(C)(C)OC(=O)NC(CC(=O)OCc1ccccc1)C(=O)N1CCN(c2ccccn2)CC1. The molecule has 2 heterocycles. The summed E-state index contributed by atoms with van der Waals surface area (Å²) in [6, 6.07) is 13.9. The van der Waals surface area contributed by atoms with Crippen molar-refractivity contribution in [2.45, 2.75) is 45.4 Å². The summed E-state index contributed by atoms with van der Waals surface area (Å²) < 4.78 is 10.6. The summed E-state index contributed by atoms with van der Waals surface area (Å²) in [4.78, 5) is 46.3. The van der Waals surface area contributed by atoms with Crippen molar-refractivity contribution in [2.24, 2.45) is 0 Å². The number of nitrogens with one attached hydrogen (secondary N) is 1. The van der Waals surface area contributed by atoms with E-state index in [4.69, 9.17) is 9.47 Å². The fraction of sp³-hybridized carbons (Fsp3) is 0.440. The highest BCUT2D eigenvalue weighted by Gasteiger charge is 2.32. The molecule has 0 bridgehead atoms. The van der Waals surface area contributed by atoms with Crippen LogP contribution in [0.5, 0.6) is 0 Å². The number of amides is 2. The van der Waals surface area contributed by atoms with Crippen LogP contribution in [-0.4, -0.2) is 65.7 Å². The van der Waals surface area contributed by atoms with Gasteiger partial charge in [0.2, 0.25) is 5.91 Å². The Bertz CT molecular complexity index is 954. The van der Waals surface area contributed by atoms with Crippen LogP contribution >= 0.6 is 0 Å². The van der Waals surface area contributed by atoms with Crippen molar-refractivity contribution in [3.8, 4) is 0 Å². The molecule has 1 aromatic carbocycles. The van der Waals surface area contributed by atoms with E-state index >= 15 is 0 Å². The maximum absolute atomic E-state index is 13.3. The smallest absolute Gasteiger partial charge is 0.408 e. The lowest BCUT2D eigenvalue weighted by Crippen LogP contribution is -2.56. The molecule has 2 aromatic rings. The molecule has 1 aliphatic heterocycles. The minimum Gasteiger partial charge on any atom is -0.461 e. The van der Waals surface area contributed by atoms with Crippen LogP contribution < -0.4 is 10.2 Å². The van der Waals surface area contributed by atoms with Crippen molar-refractivity contribution < 1.29 is 23.9 Å². The number of esters is 1. The molecule has 1 aromatic heterocycles. The summed E-state index contributed by atoms with van der Waals surface area (Å²) in [6.45, 7) is 7.37. The fourth-order valence-corrected chi connectivity index (χ4v) is 3.53. The molecular weight excluding hydrogens is 436 g/mol. The third-order valence-corrected chi connectivity index (χ3v) is 5.17. The highest BCUT2D eigenvalue weighted by atomic mass is 16.6. The van der Waals surface area contributed by atoms with Gasteiger partial charge in [0.25, 0.3) is 0 Å². The monoisotopic (exact) mass is 468 g/mol. The van der Waals surface area contributed by atoms with Crippen molar-refractivity contribution in [3.05, 3.63) is 60.3 Å². The first-order valence-electron chi connectivity index (χ1n) is 11.3. The lowest BCUT2D eigenvalue weighted by molar-refractivity contribution is -0.148. The zero-order chi connectivity index (χ0) is 24.6. The van der Waals surface area contributed by atoms with E-state index < -0.39 is 23.7 Å². The average Bonchev–Trinajstić information content (AvgIpc) is 2.82. The van der Waals surface area contributed by atoms with Crippen LogP contribution in [0.1, 0.15) is 32.8 Å². The summed E-state index contributed by atoms with van der Waals surface area (Å²) in [5.41, 5.74) is 0.101. The molecule has 0 radical (unpaired) electrons. The van der Waals surface area contributed by atoms with E-state index in [9.17, 15) is 14.4 Å². The molecule has 1 fully saturated rings.